The topological polar surface area (TPSA) is 66.4 Å². The zero-order valence-electron chi connectivity index (χ0n) is 6.06. The molecule has 0 aliphatic rings. The summed E-state index contributed by atoms with van der Waals surface area (Å²) in [6.07, 6.45) is -5.21. The largest absolute Gasteiger partial charge is 0.480 e. The number of amides is 1. The highest BCUT2D eigenvalue weighted by Crippen LogP contribution is 2.14. The molecule has 0 aliphatic carbocycles. The van der Waals surface area contributed by atoms with E-state index in [0.717, 1.165) is 5.32 Å². The Morgan fingerprint density at radius 2 is 1.85 bits per heavy atom. The third kappa shape index (κ3) is 3.72. The van der Waals surface area contributed by atoms with Crippen LogP contribution in [0.5, 0.6) is 0 Å². The smallest absolute Gasteiger partial charge is 0.471 e. The lowest BCUT2D eigenvalue weighted by atomic mass is 10.3. The molecule has 0 spiro atoms. The number of carboxylic acids is 1. The highest BCUT2D eigenvalue weighted by molar-refractivity contribution is 5.86. The molecule has 0 radical (unpaired) electrons. The highest BCUT2D eigenvalue weighted by atomic mass is 19.4. The van der Waals surface area contributed by atoms with Gasteiger partial charge in [-0.1, -0.05) is 0 Å². The van der Waals surface area contributed by atoms with Crippen LogP contribution in [0.1, 0.15) is 0 Å². The van der Waals surface area contributed by atoms with Crippen molar-refractivity contribution in [1.82, 2.24) is 5.32 Å². The third-order valence-electron chi connectivity index (χ3n) is 1.02. The van der Waals surface area contributed by atoms with Gasteiger partial charge >= 0.3 is 18.1 Å². The molecule has 0 bridgehead atoms. The summed E-state index contributed by atoms with van der Waals surface area (Å²) in [4.78, 5) is 20.0. The molecular weight excluding hydrogens is 198 g/mol. The Hall–Kier alpha value is -1.34. The Morgan fingerprint density at radius 3 is 2.08 bits per heavy atom. The van der Waals surface area contributed by atoms with Crippen molar-refractivity contribution in [2.24, 2.45) is 0 Å². The van der Waals surface area contributed by atoms with Crippen LogP contribution >= 0.6 is 0 Å². The minimum absolute atomic E-state index is 0.968. The molecule has 0 aromatic heterocycles. The molecule has 0 unspecified atom stereocenters. The van der Waals surface area contributed by atoms with Crippen LogP contribution in [0, 0.1) is 0 Å². The van der Waals surface area contributed by atoms with Gasteiger partial charge in [-0.3, -0.25) is 4.79 Å². The molecule has 8 heteroatoms. The van der Waals surface area contributed by atoms with Crippen LogP contribution < -0.4 is 5.32 Å². The Labute approximate surface area is 69.5 Å². The van der Waals surface area contributed by atoms with E-state index in [2.05, 4.69) is 0 Å². The first-order valence-electron chi connectivity index (χ1n) is 2.95. The second-order valence-electron chi connectivity index (χ2n) is 2.02. The van der Waals surface area contributed by atoms with E-state index in [-0.39, 0.29) is 0 Å². The van der Waals surface area contributed by atoms with Gasteiger partial charge in [-0.15, -0.1) is 0 Å². The lowest BCUT2D eigenvalue weighted by molar-refractivity contribution is -0.175. The second-order valence-corrected chi connectivity index (χ2v) is 2.02. The summed E-state index contributed by atoms with van der Waals surface area (Å²) < 4.78 is 46.1. The van der Waals surface area contributed by atoms with E-state index in [4.69, 9.17) is 5.11 Å². The molecule has 1 atom stereocenters. The van der Waals surface area contributed by atoms with Gasteiger partial charge in [0.2, 0.25) is 0 Å². The molecule has 0 aliphatic heterocycles. The van der Waals surface area contributed by atoms with Crippen LogP contribution in [-0.4, -0.2) is 35.9 Å². The maximum absolute atomic E-state index is 11.7. The Morgan fingerprint density at radius 1 is 1.38 bits per heavy atom. The van der Waals surface area contributed by atoms with Gasteiger partial charge in [-0.2, -0.15) is 13.2 Å². The van der Waals surface area contributed by atoms with Gasteiger partial charge in [0.25, 0.3) is 0 Å². The van der Waals surface area contributed by atoms with Crippen LogP contribution in [0.2, 0.25) is 0 Å². The van der Waals surface area contributed by atoms with Crippen LogP contribution in [0.15, 0.2) is 0 Å². The minimum Gasteiger partial charge on any atom is -0.480 e. The maximum Gasteiger partial charge on any atom is 0.471 e. The van der Waals surface area contributed by atoms with Crippen LogP contribution in [0.25, 0.3) is 0 Å². The first-order valence-corrected chi connectivity index (χ1v) is 2.95. The summed E-state index contributed by atoms with van der Waals surface area (Å²) in [5.74, 6) is -4.34. The molecule has 0 fully saturated rings. The monoisotopic (exact) mass is 203 g/mol. The quantitative estimate of drug-likeness (QED) is 0.638. The van der Waals surface area contributed by atoms with E-state index in [1.807, 2.05) is 0 Å². The van der Waals surface area contributed by atoms with Gasteiger partial charge in [0, 0.05) is 0 Å². The summed E-state index contributed by atoms with van der Waals surface area (Å²) in [7, 11) is 0. The molecule has 0 heterocycles. The summed E-state index contributed by atoms with van der Waals surface area (Å²) in [6.45, 7) is -1.60. The van der Waals surface area contributed by atoms with Gasteiger partial charge in [-0.25, -0.2) is 9.18 Å². The van der Waals surface area contributed by atoms with E-state index in [9.17, 15) is 27.2 Å². The molecule has 0 aromatic rings. The normalized spacial score (nSPS) is 13.5. The lowest BCUT2D eigenvalue weighted by Crippen LogP contribution is -2.47. The standard InChI is InChI=1S/C5H5F4NO3/c6-1-2(3(11)12)10-4(13)5(7,8)9/h2H,1H2,(H,10,13)(H,11,12)/t2-/m0/s1. The van der Waals surface area contributed by atoms with Crippen LogP contribution in [-0.2, 0) is 9.59 Å². The van der Waals surface area contributed by atoms with Crippen molar-refractivity contribution < 1.29 is 32.3 Å². The predicted octanol–water partition coefficient (Wildman–Crippen LogP) is 0.0876. The first kappa shape index (κ1) is 11.7. The molecule has 4 nitrogen and oxygen atoms in total. The highest BCUT2D eigenvalue weighted by Gasteiger charge is 2.40. The third-order valence-corrected chi connectivity index (χ3v) is 1.02. The van der Waals surface area contributed by atoms with Crippen molar-refractivity contribution in [3.8, 4) is 0 Å². The fourth-order valence-corrected chi connectivity index (χ4v) is 0.406. The molecule has 2 N–H and O–H groups in total. The molecule has 0 aromatic carbocycles. The summed E-state index contributed by atoms with van der Waals surface area (Å²) in [6, 6.07) is -2.16. The maximum atomic E-state index is 11.7. The van der Waals surface area contributed by atoms with E-state index in [1.165, 1.54) is 0 Å². The number of nitrogens with one attached hydrogen (secondary N) is 1. The van der Waals surface area contributed by atoms with Gasteiger partial charge in [0.1, 0.15) is 6.67 Å². The average molecular weight is 203 g/mol. The zero-order valence-corrected chi connectivity index (χ0v) is 6.06. The predicted molar refractivity (Wildman–Crippen MR) is 31.6 cm³/mol. The fraction of sp³-hybridized carbons (Fsp3) is 0.600. The molecule has 13 heavy (non-hydrogen) atoms. The molecular formula is C5H5F4NO3. The second kappa shape index (κ2) is 4.06. The van der Waals surface area contributed by atoms with E-state index < -0.39 is 30.8 Å². The van der Waals surface area contributed by atoms with Crippen molar-refractivity contribution in [3.63, 3.8) is 0 Å². The number of carboxylic acid groups (broad SMARTS) is 1. The lowest BCUT2D eigenvalue weighted by Gasteiger charge is -2.11. The minimum atomic E-state index is -5.21. The van der Waals surface area contributed by atoms with E-state index in [1.54, 1.807) is 0 Å². The van der Waals surface area contributed by atoms with E-state index >= 15 is 0 Å². The zero-order chi connectivity index (χ0) is 10.6. The molecule has 1 amide bonds. The Kier molecular flexibility index (Phi) is 3.64. The van der Waals surface area contributed by atoms with Crippen LogP contribution in [0.4, 0.5) is 17.6 Å². The number of alkyl halides is 4. The number of halogens is 4. The fourth-order valence-electron chi connectivity index (χ4n) is 0.406. The first-order chi connectivity index (χ1) is 5.79. The number of hydrogen-bond acceptors (Lipinski definition) is 2. The summed E-state index contributed by atoms with van der Waals surface area (Å²) in [5, 5.41) is 9.03. The molecule has 0 saturated carbocycles. The summed E-state index contributed by atoms with van der Waals surface area (Å²) >= 11 is 0. The van der Waals surface area contributed by atoms with Gasteiger partial charge < -0.3 is 10.4 Å². The van der Waals surface area contributed by atoms with Gasteiger partial charge in [-0.05, 0) is 0 Å². The number of rotatable bonds is 3. The molecule has 76 valence electrons. The number of aliphatic carboxylic acids is 1. The van der Waals surface area contributed by atoms with Crippen molar-refractivity contribution in [2.45, 2.75) is 12.2 Å². The number of carbonyl (C=O) groups is 2. The van der Waals surface area contributed by atoms with Crippen molar-refractivity contribution >= 4 is 11.9 Å². The molecule has 0 saturated heterocycles. The Bertz CT molecular complexity index is 214. The number of carbonyl (C=O) groups excluding carboxylic acids is 1. The number of hydrogen-bond donors (Lipinski definition) is 2. The average Bonchev–Trinajstić information content (AvgIpc) is 1.96. The van der Waals surface area contributed by atoms with Crippen molar-refractivity contribution in [3.05, 3.63) is 0 Å². The van der Waals surface area contributed by atoms with Crippen molar-refractivity contribution in [1.29, 1.82) is 0 Å². The molecule has 0 rings (SSSR count). The van der Waals surface area contributed by atoms with Gasteiger partial charge in [0.15, 0.2) is 6.04 Å². The summed E-state index contributed by atoms with van der Waals surface area (Å²) in [5.41, 5.74) is 0. The van der Waals surface area contributed by atoms with Crippen LogP contribution in [0.3, 0.4) is 0 Å². The van der Waals surface area contributed by atoms with Crippen molar-refractivity contribution in [2.75, 3.05) is 6.67 Å². The van der Waals surface area contributed by atoms with E-state index in [0.29, 0.717) is 0 Å². The Balaban J connectivity index is 4.26. The SMILES string of the molecule is O=C(O)[C@H](CF)NC(=O)C(F)(F)F. The van der Waals surface area contributed by atoms with Gasteiger partial charge in [0.05, 0.1) is 0 Å².